The molecule has 0 saturated heterocycles. The number of carboxylic acids is 1. The topological polar surface area (TPSA) is 50.2 Å². The van der Waals surface area contributed by atoms with Crippen LogP contribution < -0.4 is 0 Å². The SMILES string of the molecule is O=C(O)c1ncccc1C1CCCC1. The molecule has 0 radical (unpaired) electrons. The lowest BCUT2D eigenvalue weighted by atomic mass is 9.96. The Morgan fingerprint density at radius 2 is 2.14 bits per heavy atom. The van der Waals surface area contributed by atoms with Gasteiger partial charge in [-0.2, -0.15) is 0 Å². The minimum Gasteiger partial charge on any atom is -0.477 e. The van der Waals surface area contributed by atoms with Crippen LogP contribution in [0.2, 0.25) is 0 Å². The first-order chi connectivity index (χ1) is 6.79. The van der Waals surface area contributed by atoms with Gasteiger partial charge >= 0.3 is 5.97 Å². The Hall–Kier alpha value is -1.38. The Kier molecular flexibility index (Phi) is 2.48. The maximum atomic E-state index is 10.9. The summed E-state index contributed by atoms with van der Waals surface area (Å²) in [6, 6.07) is 3.71. The van der Waals surface area contributed by atoms with Gasteiger partial charge in [0.15, 0.2) is 5.69 Å². The highest BCUT2D eigenvalue weighted by molar-refractivity contribution is 5.87. The van der Waals surface area contributed by atoms with Crippen molar-refractivity contribution >= 4 is 5.97 Å². The Morgan fingerprint density at radius 1 is 1.43 bits per heavy atom. The van der Waals surface area contributed by atoms with Crippen molar-refractivity contribution in [3.05, 3.63) is 29.6 Å². The zero-order chi connectivity index (χ0) is 9.97. The van der Waals surface area contributed by atoms with Gasteiger partial charge in [0, 0.05) is 6.20 Å². The van der Waals surface area contributed by atoms with E-state index in [0.717, 1.165) is 18.4 Å². The first-order valence-corrected chi connectivity index (χ1v) is 4.97. The molecule has 0 aliphatic heterocycles. The van der Waals surface area contributed by atoms with E-state index in [1.807, 2.05) is 12.1 Å². The highest BCUT2D eigenvalue weighted by Gasteiger charge is 2.22. The molecule has 1 fully saturated rings. The van der Waals surface area contributed by atoms with Gasteiger partial charge in [0.2, 0.25) is 0 Å². The standard InChI is InChI=1S/C11H13NO2/c13-11(14)10-9(6-3-7-12-10)8-4-1-2-5-8/h3,6-8H,1-2,4-5H2,(H,13,14). The summed E-state index contributed by atoms with van der Waals surface area (Å²) >= 11 is 0. The molecule has 0 unspecified atom stereocenters. The molecule has 74 valence electrons. The van der Waals surface area contributed by atoms with Gasteiger partial charge in [0.25, 0.3) is 0 Å². The van der Waals surface area contributed by atoms with Crippen molar-refractivity contribution in [3.8, 4) is 0 Å². The van der Waals surface area contributed by atoms with Crippen molar-refractivity contribution in [3.63, 3.8) is 0 Å². The van der Waals surface area contributed by atoms with E-state index < -0.39 is 5.97 Å². The van der Waals surface area contributed by atoms with Crippen LogP contribution in [0.1, 0.15) is 47.7 Å². The third kappa shape index (κ3) is 1.62. The van der Waals surface area contributed by atoms with E-state index in [1.165, 1.54) is 12.8 Å². The lowest BCUT2D eigenvalue weighted by molar-refractivity contribution is 0.0688. The Balaban J connectivity index is 2.35. The maximum absolute atomic E-state index is 10.9. The smallest absolute Gasteiger partial charge is 0.354 e. The largest absolute Gasteiger partial charge is 0.477 e. The number of carboxylic acid groups (broad SMARTS) is 1. The normalized spacial score (nSPS) is 17.1. The summed E-state index contributed by atoms with van der Waals surface area (Å²) < 4.78 is 0. The molecule has 2 rings (SSSR count). The molecule has 0 bridgehead atoms. The van der Waals surface area contributed by atoms with Crippen LogP contribution >= 0.6 is 0 Å². The molecule has 0 amide bonds. The summed E-state index contributed by atoms with van der Waals surface area (Å²) in [6.45, 7) is 0. The zero-order valence-corrected chi connectivity index (χ0v) is 7.94. The van der Waals surface area contributed by atoms with Gasteiger partial charge in [-0.15, -0.1) is 0 Å². The van der Waals surface area contributed by atoms with Crippen LogP contribution in [-0.4, -0.2) is 16.1 Å². The van der Waals surface area contributed by atoms with Crippen molar-refractivity contribution in [1.29, 1.82) is 0 Å². The fourth-order valence-electron chi connectivity index (χ4n) is 2.16. The van der Waals surface area contributed by atoms with E-state index >= 15 is 0 Å². The highest BCUT2D eigenvalue weighted by Crippen LogP contribution is 2.35. The first kappa shape index (κ1) is 9.19. The number of pyridine rings is 1. The maximum Gasteiger partial charge on any atom is 0.354 e. The number of hydrogen-bond acceptors (Lipinski definition) is 2. The van der Waals surface area contributed by atoms with Gasteiger partial charge in [-0.25, -0.2) is 9.78 Å². The average molecular weight is 191 g/mol. The number of rotatable bonds is 2. The zero-order valence-electron chi connectivity index (χ0n) is 7.94. The highest BCUT2D eigenvalue weighted by atomic mass is 16.4. The third-order valence-corrected chi connectivity index (χ3v) is 2.84. The van der Waals surface area contributed by atoms with E-state index in [9.17, 15) is 4.79 Å². The van der Waals surface area contributed by atoms with Crippen molar-refractivity contribution < 1.29 is 9.90 Å². The van der Waals surface area contributed by atoms with Crippen LogP contribution in [0.25, 0.3) is 0 Å². The number of hydrogen-bond donors (Lipinski definition) is 1. The number of nitrogens with zero attached hydrogens (tertiary/aromatic N) is 1. The first-order valence-electron chi connectivity index (χ1n) is 4.97. The second kappa shape index (κ2) is 3.78. The van der Waals surface area contributed by atoms with Gasteiger partial charge in [0.1, 0.15) is 0 Å². The summed E-state index contributed by atoms with van der Waals surface area (Å²) in [5, 5.41) is 8.96. The number of aromatic nitrogens is 1. The summed E-state index contributed by atoms with van der Waals surface area (Å²) in [4.78, 5) is 14.8. The van der Waals surface area contributed by atoms with Crippen molar-refractivity contribution in [2.45, 2.75) is 31.6 Å². The second-order valence-corrected chi connectivity index (χ2v) is 3.73. The van der Waals surface area contributed by atoms with Crippen LogP contribution in [0, 0.1) is 0 Å². The van der Waals surface area contributed by atoms with Crippen molar-refractivity contribution in [2.24, 2.45) is 0 Å². The lowest BCUT2D eigenvalue weighted by Gasteiger charge is -2.10. The predicted octanol–water partition coefficient (Wildman–Crippen LogP) is 2.44. The molecule has 1 aromatic rings. The van der Waals surface area contributed by atoms with E-state index in [1.54, 1.807) is 6.20 Å². The molecule has 1 aliphatic carbocycles. The summed E-state index contributed by atoms with van der Waals surface area (Å²) in [5.41, 5.74) is 1.15. The quantitative estimate of drug-likeness (QED) is 0.781. The van der Waals surface area contributed by atoms with Crippen LogP contribution in [0.5, 0.6) is 0 Å². The van der Waals surface area contributed by atoms with Crippen LogP contribution in [0.3, 0.4) is 0 Å². The Bertz CT molecular complexity index is 343. The van der Waals surface area contributed by atoms with E-state index in [-0.39, 0.29) is 5.69 Å². The molecule has 0 aromatic carbocycles. The molecule has 1 heterocycles. The molecule has 1 N–H and O–H groups in total. The predicted molar refractivity (Wildman–Crippen MR) is 52.4 cm³/mol. The summed E-state index contributed by atoms with van der Waals surface area (Å²) in [7, 11) is 0. The Morgan fingerprint density at radius 3 is 2.79 bits per heavy atom. The van der Waals surface area contributed by atoms with E-state index in [0.29, 0.717) is 5.92 Å². The molecule has 3 heteroatoms. The lowest BCUT2D eigenvalue weighted by Crippen LogP contribution is -2.07. The molecular formula is C11H13NO2. The van der Waals surface area contributed by atoms with E-state index in [4.69, 9.17) is 5.11 Å². The monoisotopic (exact) mass is 191 g/mol. The fourth-order valence-corrected chi connectivity index (χ4v) is 2.16. The fraction of sp³-hybridized carbons (Fsp3) is 0.455. The molecule has 1 aromatic heterocycles. The van der Waals surface area contributed by atoms with Gasteiger partial charge < -0.3 is 5.11 Å². The molecule has 14 heavy (non-hydrogen) atoms. The van der Waals surface area contributed by atoms with Crippen LogP contribution in [0.4, 0.5) is 0 Å². The number of aromatic carboxylic acids is 1. The number of carbonyl (C=O) groups is 1. The minimum atomic E-state index is -0.910. The molecular weight excluding hydrogens is 178 g/mol. The molecule has 1 saturated carbocycles. The molecule has 3 nitrogen and oxygen atoms in total. The summed E-state index contributed by atoms with van der Waals surface area (Å²) in [5.74, 6) is -0.498. The van der Waals surface area contributed by atoms with Gasteiger partial charge in [-0.05, 0) is 30.4 Å². The van der Waals surface area contributed by atoms with Crippen molar-refractivity contribution in [2.75, 3.05) is 0 Å². The van der Waals surface area contributed by atoms with E-state index in [2.05, 4.69) is 4.98 Å². The van der Waals surface area contributed by atoms with Gasteiger partial charge in [-0.1, -0.05) is 18.9 Å². The van der Waals surface area contributed by atoms with Gasteiger partial charge in [0.05, 0.1) is 0 Å². The second-order valence-electron chi connectivity index (χ2n) is 3.73. The average Bonchev–Trinajstić information content (AvgIpc) is 2.70. The van der Waals surface area contributed by atoms with Crippen LogP contribution in [0.15, 0.2) is 18.3 Å². The molecule has 0 atom stereocenters. The molecule has 1 aliphatic rings. The molecule has 0 spiro atoms. The third-order valence-electron chi connectivity index (χ3n) is 2.84. The minimum absolute atomic E-state index is 0.236. The Labute approximate surface area is 82.8 Å². The van der Waals surface area contributed by atoms with Gasteiger partial charge in [-0.3, -0.25) is 0 Å². The van der Waals surface area contributed by atoms with Crippen LogP contribution in [-0.2, 0) is 0 Å². The van der Waals surface area contributed by atoms with Crippen molar-refractivity contribution in [1.82, 2.24) is 4.98 Å². The summed E-state index contributed by atoms with van der Waals surface area (Å²) in [6.07, 6.45) is 6.16.